The largest absolute Gasteiger partial charge is 0.355 e. The van der Waals surface area contributed by atoms with Crippen molar-refractivity contribution in [2.45, 2.75) is 26.8 Å². The molecule has 1 aromatic carbocycles. The minimum Gasteiger partial charge on any atom is -0.355 e. The summed E-state index contributed by atoms with van der Waals surface area (Å²) < 4.78 is 0. The molecule has 1 aliphatic rings. The maximum atomic E-state index is 11.4. The van der Waals surface area contributed by atoms with Crippen LogP contribution in [-0.2, 0) is 4.79 Å². The van der Waals surface area contributed by atoms with Crippen LogP contribution in [0.5, 0.6) is 0 Å². The van der Waals surface area contributed by atoms with Gasteiger partial charge in [0.1, 0.15) is 0 Å². The fraction of sp³-hybridized carbons (Fsp3) is 0.636. The van der Waals surface area contributed by atoms with Crippen molar-refractivity contribution in [2.24, 2.45) is 4.99 Å². The molecule has 0 bridgehead atoms. The molecule has 0 spiro atoms. The second kappa shape index (κ2) is 12.4. The van der Waals surface area contributed by atoms with Crippen molar-refractivity contribution in [3.8, 4) is 0 Å². The Bertz CT molecular complexity index is 623. The fourth-order valence-electron chi connectivity index (χ4n) is 3.83. The quantitative estimate of drug-likeness (QED) is 0.483. The molecule has 1 atom stereocenters. The molecule has 0 aliphatic carbocycles. The first-order valence-corrected chi connectivity index (χ1v) is 10.8. The van der Waals surface area contributed by atoms with E-state index in [1.54, 1.807) is 6.92 Å². The molecule has 1 aliphatic heterocycles. The number of carbonyl (C=O) groups is 1. The van der Waals surface area contributed by atoms with E-state index in [0.29, 0.717) is 6.04 Å². The first kappa shape index (κ1) is 23.2. The van der Waals surface area contributed by atoms with Crippen LogP contribution in [0.1, 0.15) is 32.4 Å². The van der Waals surface area contributed by atoms with Gasteiger partial charge in [-0.05, 0) is 18.7 Å². The lowest BCUT2D eigenvalue weighted by Crippen LogP contribution is -2.50. The maximum absolute atomic E-state index is 11.4. The Labute approximate surface area is 176 Å². The van der Waals surface area contributed by atoms with Gasteiger partial charge in [-0.25, -0.2) is 0 Å². The van der Waals surface area contributed by atoms with Crippen LogP contribution < -0.4 is 10.6 Å². The zero-order chi connectivity index (χ0) is 21.1. The first-order chi connectivity index (χ1) is 14.1. The van der Waals surface area contributed by atoms with Crippen LogP contribution in [0.3, 0.4) is 0 Å². The van der Waals surface area contributed by atoms with Crippen molar-refractivity contribution >= 4 is 11.9 Å². The number of nitrogens with zero attached hydrogens (tertiary/aromatic N) is 4. The van der Waals surface area contributed by atoms with E-state index in [1.165, 1.54) is 5.56 Å². The second-order valence-electron chi connectivity index (χ2n) is 7.38. The number of aliphatic imine (C=N–C) groups is 1. The minimum atomic E-state index is 0.175. The van der Waals surface area contributed by atoms with Gasteiger partial charge in [-0.15, -0.1) is 0 Å². The number of hydrogen-bond donors (Lipinski definition) is 2. The van der Waals surface area contributed by atoms with Gasteiger partial charge in [0, 0.05) is 59.8 Å². The Morgan fingerprint density at radius 3 is 2.31 bits per heavy atom. The molecule has 1 amide bonds. The van der Waals surface area contributed by atoms with Crippen molar-refractivity contribution in [1.82, 2.24) is 25.3 Å². The highest BCUT2D eigenvalue weighted by molar-refractivity contribution is 5.79. The monoisotopic (exact) mass is 402 g/mol. The highest BCUT2D eigenvalue weighted by Gasteiger charge is 2.19. The zero-order valence-corrected chi connectivity index (χ0v) is 18.5. The van der Waals surface area contributed by atoms with Crippen molar-refractivity contribution in [2.75, 3.05) is 66.0 Å². The zero-order valence-electron chi connectivity index (χ0n) is 18.5. The van der Waals surface area contributed by atoms with Gasteiger partial charge in [0.25, 0.3) is 0 Å². The van der Waals surface area contributed by atoms with Gasteiger partial charge in [-0.2, -0.15) is 0 Å². The highest BCUT2D eigenvalue weighted by atomic mass is 16.2. The van der Waals surface area contributed by atoms with Crippen LogP contribution in [0, 0.1) is 0 Å². The van der Waals surface area contributed by atoms with Gasteiger partial charge < -0.3 is 15.5 Å². The van der Waals surface area contributed by atoms with Crippen LogP contribution in [0.25, 0.3) is 0 Å². The average Bonchev–Trinajstić information content (AvgIpc) is 2.76. The van der Waals surface area contributed by atoms with E-state index < -0.39 is 0 Å². The smallest absolute Gasteiger partial charge is 0.219 e. The summed E-state index contributed by atoms with van der Waals surface area (Å²) in [5.41, 5.74) is 1.32. The fourth-order valence-corrected chi connectivity index (χ4v) is 3.83. The third kappa shape index (κ3) is 7.33. The molecule has 29 heavy (non-hydrogen) atoms. The summed E-state index contributed by atoms with van der Waals surface area (Å²) in [6.07, 6.45) is 0. The molecule has 1 aromatic rings. The van der Waals surface area contributed by atoms with Crippen molar-refractivity contribution in [3.63, 3.8) is 0 Å². The second-order valence-corrected chi connectivity index (χ2v) is 7.38. The van der Waals surface area contributed by atoms with Gasteiger partial charge in [0.2, 0.25) is 5.91 Å². The molecule has 1 unspecified atom stereocenters. The molecule has 7 heteroatoms. The predicted molar refractivity (Wildman–Crippen MR) is 120 cm³/mol. The number of likely N-dealkylation sites (N-methyl/N-ethyl adjacent to an activating group) is 1. The van der Waals surface area contributed by atoms with Gasteiger partial charge in [-0.1, -0.05) is 44.2 Å². The van der Waals surface area contributed by atoms with E-state index in [0.717, 1.165) is 64.9 Å². The van der Waals surface area contributed by atoms with Gasteiger partial charge in [0.05, 0.1) is 6.04 Å². The molecular formula is C22H38N6O. The molecule has 0 aromatic heterocycles. The molecule has 7 nitrogen and oxygen atoms in total. The van der Waals surface area contributed by atoms with E-state index in [1.807, 2.05) is 11.9 Å². The van der Waals surface area contributed by atoms with Crippen LogP contribution in [-0.4, -0.2) is 92.5 Å². The summed E-state index contributed by atoms with van der Waals surface area (Å²) in [5.74, 6) is 1.01. The number of rotatable bonds is 9. The number of nitrogens with one attached hydrogen (secondary N) is 2. The molecule has 1 fully saturated rings. The first-order valence-electron chi connectivity index (χ1n) is 10.8. The Morgan fingerprint density at radius 1 is 1.10 bits per heavy atom. The lowest BCUT2D eigenvalue weighted by Gasteiger charge is -2.34. The van der Waals surface area contributed by atoms with Crippen LogP contribution in [0.2, 0.25) is 0 Å². The van der Waals surface area contributed by atoms with Crippen molar-refractivity contribution in [3.05, 3.63) is 35.9 Å². The van der Waals surface area contributed by atoms with Gasteiger partial charge >= 0.3 is 0 Å². The van der Waals surface area contributed by atoms with E-state index in [-0.39, 0.29) is 5.91 Å². The number of hydrogen-bond acceptors (Lipinski definition) is 4. The SMILES string of the molecule is CCN(CC)C(CNC(=NC)NCCN1CCN(C(C)=O)CC1)c1ccccc1. The summed E-state index contributed by atoms with van der Waals surface area (Å²) in [7, 11) is 1.82. The summed E-state index contributed by atoms with van der Waals surface area (Å²) in [4.78, 5) is 22.6. The lowest BCUT2D eigenvalue weighted by atomic mass is 10.1. The third-order valence-corrected chi connectivity index (χ3v) is 5.66. The Hall–Kier alpha value is -2.12. The summed E-state index contributed by atoms with van der Waals surface area (Å²) in [6, 6.07) is 11.0. The topological polar surface area (TPSA) is 63.2 Å². The van der Waals surface area contributed by atoms with E-state index >= 15 is 0 Å². The van der Waals surface area contributed by atoms with Crippen LogP contribution in [0.15, 0.2) is 35.3 Å². The molecule has 162 valence electrons. The Morgan fingerprint density at radius 2 is 1.76 bits per heavy atom. The number of amides is 1. The van der Waals surface area contributed by atoms with E-state index in [9.17, 15) is 4.79 Å². The van der Waals surface area contributed by atoms with Crippen LogP contribution in [0.4, 0.5) is 0 Å². The molecular weight excluding hydrogens is 364 g/mol. The Balaban J connectivity index is 1.80. The lowest BCUT2D eigenvalue weighted by molar-refractivity contribution is -0.130. The highest BCUT2D eigenvalue weighted by Crippen LogP contribution is 2.19. The number of benzene rings is 1. The van der Waals surface area contributed by atoms with Gasteiger partial charge in [0.15, 0.2) is 5.96 Å². The van der Waals surface area contributed by atoms with E-state index in [2.05, 4.69) is 69.6 Å². The molecule has 2 N–H and O–H groups in total. The number of carbonyl (C=O) groups excluding carboxylic acids is 1. The molecule has 0 radical (unpaired) electrons. The predicted octanol–water partition coefficient (Wildman–Crippen LogP) is 1.40. The summed E-state index contributed by atoms with van der Waals surface area (Å²) in [6.45, 7) is 14.2. The van der Waals surface area contributed by atoms with Gasteiger partial charge in [-0.3, -0.25) is 19.6 Å². The Kier molecular flexibility index (Phi) is 9.94. The molecule has 0 saturated carbocycles. The summed E-state index contributed by atoms with van der Waals surface area (Å²) in [5, 5.41) is 6.93. The third-order valence-electron chi connectivity index (χ3n) is 5.66. The normalized spacial score (nSPS) is 16.7. The van der Waals surface area contributed by atoms with Crippen molar-refractivity contribution < 1.29 is 4.79 Å². The van der Waals surface area contributed by atoms with Crippen molar-refractivity contribution in [1.29, 1.82) is 0 Å². The standard InChI is InChI=1S/C22H38N6O/c1-5-27(6-2)21(20-10-8-7-9-11-20)18-25-22(23-4)24-12-13-26-14-16-28(17-15-26)19(3)29/h7-11,21H,5-6,12-18H2,1-4H3,(H2,23,24,25). The minimum absolute atomic E-state index is 0.175. The maximum Gasteiger partial charge on any atom is 0.219 e. The number of guanidine groups is 1. The summed E-state index contributed by atoms with van der Waals surface area (Å²) >= 11 is 0. The van der Waals surface area contributed by atoms with Crippen LogP contribution >= 0.6 is 0 Å². The molecule has 2 rings (SSSR count). The number of piperazine rings is 1. The van der Waals surface area contributed by atoms with E-state index in [4.69, 9.17) is 0 Å². The average molecular weight is 403 g/mol. The molecule has 1 saturated heterocycles. The molecule has 1 heterocycles.